The van der Waals surface area contributed by atoms with E-state index in [4.69, 9.17) is 0 Å². The minimum absolute atomic E-state index is 0.0172. The molecule has 0 spiro atoms. The van der Waals surface area contributed by atoms with Crippen molar-refractivity contribution < 1.29 is 18.3 Å². The van der Waals surface area contributed by atoms with Gasteiger partial charge in [0.15, 0.2) is 0 Å². The van der Waals surface area contributed by atoms with Crippen molar-refractivity contribution in [2.24, 2.45) is 0 Å². The average Bonchev–Trinajstić information content (AvgIpc) is 3.12. The number of carbonyl (C=O) groups is 1. The van der Waals surface area contributed by atoms with Gasteiger partial charge in [0.2, 0.25) is 0 Å². The maximum absolute atomic E-state index is 13.6. The van der Waals surface area contributed by atoms with E-state index in [0.717, 1.165) is 22.4 Å². The van der Waals surface area contributed by atoms with Crippen molar-refractivity contribution in [1.29, 1.82) is 0 Å². The molecule has 1 aromatic heterocycles. The number of sulfonamides is 1. The van der Waals surface area contributed by atoms with E-state index >= 15 is 0 Å². The molecule has 2 aromatic carbocycles. The lowest BCUT2D eigenvalue weighted by molar-refractivity contribution is 0.0696. The number of hydrogen-bond donors (Lipinski definition) is 1. The van der Waals surface area contributed by atoms with E-state index in [9.17, 15) is 27.9 Å². The molecule has 0 aliphatic heterocycles. The molecule has 1 aliphatic carbocycles. The second kappa shape index (κ2) is 7.54. The molecule has 0 saturated heterocycles. The van der Waals surface area contributed by atoms with Gasteiger partial charge >= 0.3 is 17.1 Å². The highest BCUT2D eigenvalue weighted by Gasteiger charge is 2.43. The highest BCUT2D eigenvalue weighted by Crippen LogP contribution is 2.34. The number of carboxylic acids is 1. The number of aromatic carboxylic acids is 1. The number of hydrazine groups is 1. The number of hydrogen-bond acceptors (Lipinski definition) is 6. The summed E-state index contributed by atoms with van der Waals surface area (Å²) in [7, 11) is -4.21. The Morgan fingerprint density at radius 2 is 1.50 bits per heavy atom. The summed E-state index contributed by atoms with van der Waals surface area (Å²) in [4.78, 5) is 35.9. The average molecular weight is 429 g/mol. The van der Waals surface area contributed by atoms with Gasteiger partial charge in [-0.05, 0) is 37.1 Å². The molecule has 156 valence electrons. The van der Waals surface area contributed by atoms with Crippen LogP contribution in [-0.2, 0) is 10.0 Å². The van der Waals surface area contributed by atoms with Gasteiger partial charge in [-0.1, -0.05) is 47.6 Å². The minimum Gasteiger partial charge on any atom is -0.478 e. The number of aromatic nitrogens is 1. The zero-order chi connectivity index (χ0) is 21.5. The van der Waals surface area contributed by atoms with Crippen LogP contribution in [0.5, 0.6) is 0 Å². The predicted octanol–water partition coefficient (Wildman–Crippen LogP) is 1.60. The van der Waals surface area contributed by atoms with Gasteiger partial charge in [-0.2, -0.15) is 9.79 Å². The molecule has 1 fully saturated rings. The molecule has 10 heteroatoms. The van der Waals surface area contributed by atoms with Gasteiger partial charge in [0, 0.05) is 6.04 Å². The molecular formula is C20H19N3O6S. The summed E-state index contributed by atoms with van der Waals surface area (Å²) in [5.74, 6) is -1.30. The lowest BCUT2D eigenvalue weighted by Gasteiger charge is -2.37. The summed E-state index contributed by atoms with van der Waals surface area (Å²) >= 11 is 0. The topological polar surface area (TPSA) is 117 Å². The molecule has 0 amide bonds. The maximum atomic E-state index is 13.6. The Hall–Kier alpha value is -3.24. The van der Waals surface area contributed by atoms with Crippen LogP contribution in [0.2, 0.25) is 0 Å². The monoisotopic (exact) mass is 429 g/mol. The third kappa shape index (κ3) is 3.33. The van der Waals surface area contributed by atoms with Gasteiger partial charge in [0.25, 0.3) is 10.0 Å². The Labute approximate surface area is 172 Å². The van der Waals surface area contributed by atoms with Gasteiger partial charge < -0.3 is 5.11 Å². The highest BCUT2D eigenvalue weighted by atomic mass is 32.2. The van der Waals surface area contributed by atoms with Crippen LogP contribution in [0.25, 0.3) is 0 Å². The predicted molar refractivity (Wildman–Crippen MR) is 108 cm³/mol. The van der Waals surface area contributed by atoms with E-state index in [0.29, 0.717) is 17.5 Å². The molecule has 4 rings (SSSR count). The Morgan fingerprint density at radius 3 is 2.07 bits per heavy atom. The van der Waals surface area contributed by atoms with Crippen molar-refractivity contribution in [1.82, 2.24) is 9.09 Å². The van der Waals surface area contributed by atoms with Crippen LogP contribution in [0.4, 0.5) is 5.69 Å². The summed E-state index contributed by atoms with van der Waals surface area (Å²) in [5, 5.41) is 10.6. The van der Waals surface area contributed by atoms with Crippen molar-refractivity contribution in [2.45, 2.75) is 36.6 Å². The molecule has 0 unspecified atom stereocenters. The van der Waals surface area contributed by atoms with Crippen LogP contribution in [0.1, 0.15) is 36.0 Å². The minimum atomic E-state index is -4.21. The third-order valence-electron chi connectivity index (χ3n) is 5.17. The fraction of sp³-hybridized carbons (Fsp3) is 0.250. The van der Waals surface area contributed by atoms with Crippen molar-refractivity contribution in [3.8, 4) is 0 Å². The zero-order valence-electron chi connectivity index (χ0n) is 15.8. The van der Waals surface area contributed by atoms with Crippen LogP contribution < -0.4 is 16.2 Å². The Bertz CT molecular complexity index is 1230. The van der Waals surface area contributed by atoms with E-state index in [-0.39, 0.29) is 16.1 Å². The lowest BCUT2D eigenvalue weighted by atomic mass is 10.2. The first-order chi connectivity index (χ1) is 14.3. The third-order valence-corrected chi connectivity index (χ3v) is 6.98. The molecular weight excluding hydrogens is 410 g/mol. The normalized spacial score (nSPS) is 15.1. The number of nitrogens with zero attached hydrogens (tertiary/aromatic N) is 3. The fourth-order valence-electron chi connectivity index (χ4n) is 3.71. The first-order valence-corrected chi connectivity index (χ1v) is 10.9. The molecule has 30 heavy (non-hydrogen) atoms. The Balaban J connectivity index is 1.97. The summed E-state index contributed by atoms with van der Waals surface area (Å²) in [5.41, 5.74) is -2.10. The standard InChI is InChI=1S/C20H19N3O6S/c24-18-19(25)21(18)22(17-13-7-6-12-16(17)20(26)27)23(14-8-4-5-9-14)30(28,29)15-10-2-1-3-11-15/h1-3,6-7,10-14H,4-5,8-9H2,(H,26,27). The lowest BCUT2D eigenvalue weighted by Crippen LogP contribution is -2.54. The second-order valence-electron chi connectivity index (χ2n) is 7.06. The van der Waals surface area contributed by atoms with E-state index in [1.165, 1.54) is 36.4 Å². The summed E-state index contributed by atoms with van der Waals surface area (Å²) < 4.78 is 29.0. The quantitative estimate of drug-likeness (QED) is 0.448. The van der Waals surface area contributed by atoms with Gasteiger partial charge in [-0.25, -0.2) is 13.2 Å². The van der Waals surface area contributed by atoms with E-state index in [1.807, 2.05) is 0 Å². The molecule has 0 atom stereocenters. The summed E-state index contributed by atoms with van der Waals surface area (Å²) in [6, 6.07) is 12.8. The first kappa shape index (κ1) is 20.0. The van der Waals surface area contributed by atoms with Crippen molar-refractivity contribution in [3.63, 3.8) is 0 Å². The smallest absolute Gasteiger partial charge is 0.341 e. The van der Waals surface area contributed by atoms with Crippen molar-refractivity contribution in [2.75, 3.05) is 5.12 Å². The van der Waals surface area contributed by atoms with E-state index in [1.54, 1.807) is 18.2 Å². The van der Waals surface area contributed by atoms with Crippen LogP contribution in [0.15, 0.2) is 69.1 Å². The molecule has 9 nitrogen and oxygen atoms in total. The molecule has 1 N–H and O–H groups in total. The van der Waals surface area contributed by atoms with Gasteiger partial charge in [-0.3, -0.25) is 9.59 Å². The Kier molecular flexibility index (Phi) is 5.04. The number of rotatable bonds is 7. The molecule has 1 aliphatic rings. The molecule has 3 aromatic rings. The maximum Gasteiger partial charge on any atom is 0.341 e. The van der Waals surface area contributed by atoms with Crippen LogP contribution in [0, 0.1) is 0 Å². The Morgan fingerprint density at radius 1 is 0.933 bits per heavy atom. The second-order valence-corrected chi connectivity index (χ2v) is 8.86. The molecule has 0 radical (unpaired) electrons. The van der Waals surface area contributed by atoms with Gasteiger partial charge in [-0.15, -0.1) is 0 Å². The number of anilines is 1. The zero-order valence-corrected chi connectivity index (χ0v) is 16.7. The van der Waals surface area contributed by atoms with Crippen molar-refractivity contribution in [3.05, 3.63) is 80.9 Å². The molecule has 0 bridgehead atoms. The van der Waals surface area contributed by atoms with Crippen LogP contribution in [0.3, 0.4) is 0 Å². The molecule has 1 saturated carbocycles. The molecule has 1 heterocycles. The van der Waals surface area contributed by atoms with Crippen LogP contribution in [-0.4, -0.2) is 34.6 Å². The SMILES string of the molecule is O=C(O)c1ccccc1N(N(C1CCCC1)S(=O)(=O)c1ccccc1)n1c(=O)c1=O. The first-order valence-electron chi connectivity index (χ1n) is 9.44. The number of para-hydroxylation sites is 1. The van der Waals surface area contributed by atoms with Gasteiger partial charge in [0.05, 0.1) is 16.1 Å². The number of benzene rings is 2. The summed E-state index contributed by atoms with van der Waals surface area (Å²) in [6.45, 7) is 0. The van der Waals surface area contributed by atoms with E-state index in [2.05, 4.69) is 0 Å². The fourth-order valence-corrected chi connectivity index (χ4v) is 5.39. The van der Waals surface area contributed by atoms with E-state index < -0.39 is 33.2 Å². The van der Waals surface area contributed by atoms with Gasteiger partial charge in [0.1, 0.15) is 0 Å². The highest BCUT2D eigenvalue weighted by molar-refractivity contribution is 7.89. The largest absolute Gasteiger partial charge is 0.478 e. The van der Waals surface area contributed by atoms with Crippen LogP contribution >= 0.6 is 0 Å². The van der Waals surface area contributed by atoms with Crippen molar-refractivity contribution >= 4 is 21.7 Å². The summed E-state index contributed by atoms with van der Waals surface area (Å²) in [6.07, 6.45) is 2.60. The number of carboxylic acid groups (broad SMARTS) is 1.